The third-order valence-electron chi connectivity index (χ3n) is 1.09. The summed E-state index contributed by atoms with van der Waals surface area (Å²) in [5.74, 6) is 0. The van der Waals surface area contributed by atoms with Crippen LogP contribution in [0.3, 0.4) is 0 Å². The Bertz CT molecular complexity index is 233. The lowest BCUT2D eigenvalue weighted by molar-refractivity contribution is -0.135. The Morgan fingerprint density at radius 2 is 1.77 bits per heavy atom. The molecular formula is C5H9F3O4S. The molecule has 0 unspecified atom stereocenters. The molecule has 0 aliphatic heterocycles. The van der Waals surface area contributed by atoms with Gasteiger partial charge in [-0.2, -0.15) is 21.6 Å². The van der Waals surface area contributed by atoms with Crippen molar-refractivity contribution in [1.82, 2.24) is 0 Å². The van der Waals surface area contributed by atoms with Gasteiger partial charge in [-0.05, 0) is 12.8 Å². The Morgan fingerprint density at radius 1 is 1.23 bits per heavy atom. The predicted octanol–water partition coefficient (Wildman–Crippen LogP) is 1.54. The fraction of sp³-hybridized carbons (Fsp3) is 1.00. The minimum Gasteiger partial charge on any atom is -0.264 e. The zero-order valence-corrected chi connectivity index (χ0v) is 7.36. The van der Waals surface area contributed by atoms with E-state index in [1.165, 1.54) is 0 Å². The molecule has 0 radical (unpaired) electrons. The first-order valence-electron chi connectivity index (χ1n) is 3.39. The van der Waals surface area contributed by atoms with Crippen LogP contribution in [-0.4, -0.2) is 25.8 Å². The minimum absolute atomic E-state index is 0.0701. The molecule has 0 amide bonds. The monoisotopic (exact) mass is 222 g/mol. The lowest BCUT2D eigenvalue weighted by Gasteiger charge is -2.04. The first kappa shape index (κ1) is 12.7. The molecule has 1 N–H and O–H groups in total. The van der Waals surface area contributed by atoms with Crippen molar-refractivity contribution >= 4 is 10.4 Å². The summed E-state index contributed by atoms with van der Waals surface area (Å²) in [6, 6.07) is 0. The number of halogens is 3. The number of rotatable bonds is 5. The van der Waals surface area contributed by atoms with Crippen LogP contribution < -0.4 is 0 Å². The molecular weight excluding hydrogens is 213 g/mol. The first-order valence-corrected chi connectivity index (χ1v) is 4.76. The van der Waals surface area contributed by atoms with Gasteiger partial charge in [0.05, 0.1) is 6.61 Å². The topological polar surface area (TPSA) is 63.6 Å². The molecule has 0 atom stereocenters. The molecule has 0 heterocycles. The maximum absolute atomic E-state index is 11.5. The van der Waals surface area contributed by atoms with Crippen molar-refractivity contribution in [2.45, 2.75) is 25.4 Å². The van der Waals surface area contributed by atoms with E-state index >= 15 is 0 Å². The van der Waals surface area contributed by atoms with Gasteiger partial charge >= 0.3 is 16.6 Å². The quantitative estimate of drug-likeness (QED) is 0.566. The Labute approximate surface area is 73.6 Å². The molecule has 0 aliphatic rings. The van der Waals surface area contributed by atoms with E-state index in [1.807, 2.05) is 0 Å². The summed E-state index contributed by atoms with van der Waals surface area (Å²) in [7, 11) is -4.52. The molecule has 0 aromatic rings. The maximum Gasteiger partial charge on any atom is 0.397 e. The van der Waals surface area contributed by atoms with E-state index in [9.17, 15) is 21.6 Å². The van der Waals surface area contributed by atoms with Gasteiger partial charge in [0.2, 0.25) is 0 Å². The third-order valence-corrected chi connectivity index (χ3v) is 1.55. The van der Waals surface area contributed by atoms with Crippen molar-refractivity contribution in [3.8, 4) is 0 Å². The molecule has 0 aromatic carbocycles. The van der Waals surface area contributed by atoms with E-state index in [0.29, 0.717) is 0 Å². The molecule has 13 heavy (non-hydrogen) atoms. The molecule has 0 aromatic heterocycles. The van der Waals surface area contributed by atoms with E-state index in [1.54, 1.807) is 0 Å². The lowest BCUT2D eigenvalue weighted by atomic mass is 10.2. The smallest absolute Gasteiger partial charge is 0.264 e. The molecule has 0 saturated carbocycles. The molecule has 0 spiro atoms. The Hall–Kier alpha value is -0.340. The van der Waals surface area contributed by atoms with Gasteiger partial charge in [-0.3, -0.25) is 4.55 Å². The number of alkyl halides is 3. The van der Waals surface area contributed by atoms with Gasteiger partial charge in [0.1, 0.15) is 0 Å². The normalized spacial score (nSPS) is 13.2. The van der Waals surface area contributed by atoms with Gasteiger partial charge in [-0.15, -0.1) is 0 Å². The van der Waals surface area contributed by atoms with Crippen molar-refractivity contribution in [3.63, 3.8) is 0 Å². The summed E-state index contributed by atoms with van der Waals surface area (Å²) in [6.45, 7) is -0.436. The fourth-order valence-electron chi connectivity index (χ4n) is 0.592. The summed E-state index contributed by atoms with van der Waals surface area (Å²) >= 11 is 0. The van der Waals surface area contributed by atoms with Crippen molar-refractivity contribution in [3.05, 3.63) is 0 Å². The maximum atomic E-state index is 11.5. The van der Waals surface area contributed by atoms with Crippen LogP contribution in [-0.2, 0) is 14.6 Å². The average Bonchev–Trinajstić information content (AvgIpc) is 1.81. The van der Waals surface area contributed by atoms with Gasteiger partial charge in [-0.25, -0.2) is 4.18 Å². The number of hydrogen-bond acceptors (Lipinski definition) is 3. The SMILES string of the molecule is O=S(=O)(O)OCCCCC(F)(F)F. The van der Waals surface area contributed by atoms with Crippen molar-refractivity contribution in [1.29, 1.82) is 0 Å². The van der Waals surface area contributed by atoms with Crippen LogP contribution in [0.15, 0.2) is 0 Å². The highest BCUT2D eigenvalue weighted by molar-refractivity contribution is 7.80. The van der Waals surface area contributed by atoms with E-state index in [-0.39, 0.29) is 12.8 Å². The highest BCUT2D eigenvalue weighted by Crippen LogP contribution is 2.21. The highest BCUT2D eigenvalue weighted by atomic mass is 32.3. The van der Waals surface area contributed by atoms with E-state index in [4.69, 9.17) is 4.55 Å². The summed E-state index contributed by atoms with van der Waals surface area (Å²) in [4.78, 5) is 0. The van der Waals surface area contributed by atoms with Crippen LogP contribution in [0.1, 0.15) is 19.3 Å². The van der Waals surface area contributed by atoms with Crippen molar-refractivity contribution < 1.29 is 30.3 Å². The Kier molecular flexibility index (Phi) is 4.65. The number of hydrogen-bond donors (Lipinski definition) is 1. The first-order chi connectivity index (χ1) is 5.71. The molecule has 0 saturated heterocycles. The molecule has 4 nitrogen and oxygen atoms in total. The van der Waals surface area contributed by atoms with Crippen LogP contribution >= 0.6 is 0 Å². The zero-order chi connectivity index (χ0) is 10.5. The van der Waals surface area contributed by atoms with Gasteiger partial charge in [0.15, 0.2) is 0 Å². The third kappa shape index (κ3) is 11.7. The Balaban J connectivity index is 3.39. The predicted molar refractivity (Wildman–Crippen MR) is 37.4 cm³/mol. The van der Waals surface area contributed by atoms with E-state index < -0.39 is 29.6 Å². The second-order valence-electron chi connectivity index (χ2n) is 2.32. The zero-order valence-electron chi connectivity index (χ0n) is 6.54. The minimum atomic E-state index is -4.52. The van der Waals surface area contributed by atoms with Crippen LogP contribution in [0.4, 0.5) is 13.2 Å². The summed E-state index contributed by atoms with van der Waals surface area (Å²) in [5, 5.41) is 0. The molecule has 0 fully saturated rings. The lowest BCUT2D eigenvalue weighted by Crippen LogP contribution is -2.09. The average molecular weight is 222 g/mol. The largest absolute Gasteiger partial charge is 0.397 e. The standard InChI is InChI=1S/C5H9F3O4S/c6-5(7,8)3-1-2-4-12-13(9,10)11/h1-4H2,(H,9,10,11). The molecule has 8 heteroatoms. The molecule has 0 rings (SSSR count). The van der Waals surface area contributed by atoms with Crippen LogP contribution in [0.25, 0.3) is 0 Å². The van der Waals surface area contributed by atoms with E-state index in [2.05, 4.69) is 4.18 Å². The second kappa shape index (κ2) is 4.77. The summed E-state index contributed by atoms with van der Waals surface area (Å²) < 4.78 is 66.1. The van der Waals surface area contributed by atoms with Crippen LogP contribution in [0.2, 0.25) is 0 Å². The summed E-state index contributed by atoms with van der Waals surface area (Å²) in [6.07, 6.45) is -5.52. The van der Waals surface area contributed by atoms with Crippen molar-refractivity contribution in [2.24, 2.45) is 0 Å². The van der Waals surface area contributed by atoms with Crippen LogP contribution in [0.5, 0.6) is 0 Å². The van der Waals surface area contributed by atoms with Crippen molar-refractivity contribution in [2.75, 3.05) is 6.61 Å². The summed E-state index contributed by atoms with van der Waals surface area (Å²) in [5.41, 5.74) is 0. The van der Waals surface area contributed by atoms with Gasteiger partial charge in [-0.1, -0.05) is 0 Å². The van der Waals surface area contributed by atoms with Crippen LogP contribution in [0, 0.1) is 0 Å². The Morgan fingerprint density at radius 3 is 2.15 bits per heavy atom. The highest BCUT2D eigenvalue weighted by Gasteiger charge is 2.25. The van der Waals surface area contributed by atoms with E-state index in [0.717, 1.165) is 0 Å². The van der Waals surface area contributed by atoms with Gasteiger partial charge < -0.3 is 0 Å². The fourth-order valence-corrected chi connectivity index (χ4v) is 0.920. The number of unbranched alkanes of at least 4 members (excludes halogenated alkanes) is 1. The molecule has 80 valence electrons. The second-order valence-corrected chi connectivity index (χ2v) is 3.41. The van der Waals surface area contributed by atoms with Gasteiger partial charge in [0.25, 0.3) is 0 Å². The molecule has 0 aliphatic carbocycles. The molecule has 0 bridgehead atoms. The van der Waals surface area contributed by atoms with Gasteiger partial charge in [0, 0.05) is 6.42 Å².